The number of furan rings is 1. The highest BCUT2D eigenvalue weighted by Crippen LogP contribution is 2.47. The quantitative estimate of drug-likeness (QED) is 0.657. The van der Waals surface area contributed by atoms with E-state index in [-0.39, 0.29) is 4.90 Å². The van der Waals surface area contributed by atoms with Crippen molar-refractivity contribution >= 4 is 9.84 Å². The smallest absolute Gasteiger partial charge is 0.341 e. The number of hydrogen-bond donors (Lipinski definition) is 0. The van der Waals surface area contributed by atoms with E-state index in [2.05, 4.69) is 17.9 Å². The lowest BCUT2D eigenvalue weighted by atomic mass is 10.2. The molecule has 4 rings (SSSR count). The van der Waals surface area contributed by atoms with Crippen molar-refractivity contribution in [1.29, 1.82) is 0 Å². The fraction of sp³-hybridized carbons (Fsp3) is 0.500. The van der Waals surface area contributed by atoms with Crippen LogP contribution in [0.25, 0.3) is 0 Å². The van der Waals surface area contributed by atoms with Crippen molar-refractivity contribution in [3.05, 3.63) is 53.5 Å². The van der Waals surface area contributed by atoms with E-state index in [0.717, 1.165) is 29.9 Å². The molecule has 1 aromatic carbocycles. The molecule has 0 aliphatic heterocycles. The fourth-order valence-corrected chi connectivity index (χ4v) is 4.19. The van der Waals surface area contributed by atoms with Gasteiger partial charge in [-0.2, -0.15) is 8.78 Å². The Bertz CT molecular complexity index is 904. The van der Waals surface area contributed by atoms with E-state index < -0.39 is 15.6 Å². The van der Waals surface area contributed by atoms with E-state index >= 15 is 0 Å². The lowest BCUT2D eigenvalue weighted by molar-refractivity contribution is 0.223. The monoisotopic (exact) mass is 395 g/mol. The molecule has 0 bridgehead atoms. The fourth-order valence-electron chi connectivity index (χ4n) is 3.47. The molecule has 0 saturated heterocycles. The predicted molar refractivity (Wildman–Crippen MR) is 97.1 cm³/mol. The Balaban J connectivity index is 1.43. The Morgan fingerprint density at radius 2 is 1.78 bits per heavy atom. The largest absolute Gasteiger partial charge is 0.464 e. The standard InChI is InChI=1S/C20H23F2NO3S/c1-13-10-18(13)19-9-6-16(26-19)12-23(15-4-5-15)11-14-2-7-17(8-3-14)27(24,25)20(21)22/h2-3,6-9,13,15,18,20H,4-5,10-12H2,1H3. The van der Waals surface area contributed by atoms with Crippen LogP contribution in [0.2, 0.25) is 0 Å². The van der Waals surface area contributed by atoms with Crippen LogP contribution in [-0.4, -0.2) is 25.1 Å². The Morgan fingerprint density at radius 3 is 2.33 bits per heavy atom. The second kappa shape index (κ2) is 7.02. The molecule has 2 unspecified atom stereocenters. The Morgan fingerprint density at radius 1 is 1.11 bits per heavy atom. The van der Waals surface area contributed by atoms with Crippen LogP contribution < -0.4 is 0 Å². The highest BCUT2D eigenvalue weighted by Gasteiger charge is 2.37. The van der Waals surface area contributed by atoms with Crippen LogP contribution in [0.5, 0.6) is 0 Å². The van der Waals surface area contributed by atoms with Gasteiger partial charge in [-0.3, -0.25) is 4.90 Å². The van der Waals surface area contributed by atoms with Gasteiger partial charge in [-0.05, 0) is 55.0 Å². The summed E-state index contributed by atoms with van der Waals surface area (Å²) in [6, 6.07) is 10.4. The second-order valence-corrected chi connectivity index (χ2v) is 9.63. The minimum absolute atomic E-state index is 0.339. The summed E-state index contributed by atoms with van der Waals surface area (Å²) in [6.07, 6.45) is 3.45. The molecule has 1 heterocycles. The predicted octanol–water partition coefficient (Wildman–Crippen LogP) is 4.56. The van der Waals surface area contributed by atoms with E-state index in [1.54, 1.807) is 12.1 Å². The number of rotatable bonds is 8. The normalized spacial score (nSPS) is 22.6. The third-order valence-corrected chi connectivity index (χ3v) is 6.85. The molecule has 4 nitrogen and oxygen atoms in total. The SMILES string of the molecule is CC1CC1c1ccc(CN(Cc2ccc(S(=O)(=O)C(F)F)cc2)C2CC2)o1. The number of benzene rings is 1. The molecule has 2 atom stereocenters. The van der Waals surface area contributed by atoms with Gasteiger partial charge in [0, 0.05) is 18.5 Å². The summed E-state index contributed by atoms with van der Waals surface area (Å²) in [7, 11) is -4.54. The first kappa shape index (κ1) is 18.6. The topological polar surface area (TPSA) is 50.5 Å². The number of alkyl halides is 2. The van der Waals surface area contributed by atoms with Crippen molar-refractivity contribution in [1.82, 2.24) is 4.90 Å². The molecule has 27 heavy (non-hydrogen) atoms. The average Bonchev–Trinajstić information content (AvgIpc) is 3.55. The number of nitrogens with zero attached hydrogens (tertiary/aromatic N) is 1. The van der Waals surface area contributed by atoms with Crippen LogP contribution in [0.4, 0.5) is 8.78 Å². The van der Waals surface area contributed by atoms with E-state index in [1.807, 2.05) is 6.07 Å². The third-order valence-electron chi connectivity index (χ3n) is 5.45. The van der Waals surface area contributed by atoms with Crippen LogP contribution in [0, 0.1) is 5.92 Å². The van der Waals surface area contributed by atoms with Crippen LogP contribution >= 0.6 is 0 Å². The molecule has 2 fully saturated rings. The van der Waals surface area contributed by atoms with Gasteiger partial charge in [0.05, 0.1) is 11.4 Å². The van der Waals surface area contributed by atoms with Gasteiger partial charge in [0.15, 0.2) is 0 Å². The minimum atomic E-state index is -4.54. The van der Waals surface area contributed by atoms with Crippen LogP contribution in [0.15, 0.2) is 45.7 Å². The van der Waals surface area contributed by atoms with Crippen LogP contribution in [0.3, 0.4) is 0 Å². The van der Waals surface area contributed by atoms with Crippen LogP contribution in [-0.2, 0) is 22.9 Å². The zero-order chi connectivity index (χ0) is 19.2. The van der Waals surface area contributed by atoms with E-state index in [4.69, 9.17) is 4.42 Å². The number of halogens is 2. The minimum Gasteiger partial charge on any atom is -0.464 e. The molecular formula is C20H23F2NO3S. The van der Waals surface area contributed by atoms with Crippen molar-refractivity contribution < 1.29 is 21.6 Å². The molecule has 0 spiro atoms. The first-order valence-corrected chi connectivity index (χ1v) is 10.8. The third kappa shape index (κ3) is 4.09. The molecule has 0 radical (unpaired) electrons. The van der Waals surface area contributed by atoms with Gasteiger partial charge in [0.2, 0.25) is 9.84 Å². The molecule has 0 amide bonds. The lowest BCUT2D eigenvalue weighted by Gasteiger charge is -2.21. The van der Waals surface area contributed by atoms with Gasteiger partial charge in [-0.1, -0.05) is 19.1 Å². The van der Waals surface area contributed by atoms with Crippen molar-refractivity contribution in [3.63, 3.8) is 0 Å². The Hall–Kier alpha value is -1.73. The highest BCUT2D eigenvalue weighted by molar-refractivity contribution is 7.91. The van der Waals surface area contributed by atoms with Crippen molar-refractivity contribution in [2.75, 3.05) is 0 Å². The van der Waals surface area contributed by atoms with Crippen molar-refractivity contribution in [3.8, 4) is 0 Å². The molecule has 7 heteroatoms. The summed E-state index contributed by atoms with van der Waals surface area (Å²) in [5, 5.41) is 0. The maximum Gasteiger partial charge on any atom is 0.341 e. The Kier molecular flexibility index (Phi) is 4.84. The zero-order valence-corrected chi connectivity index (χ0v) is 16.0. The summed E-state index contributed by atoms with van der Waals surface area (Å²) in [4.78, 5) is 1.96. The highest BCUT2D eigenvalue weighted by atomic mass is 32.2. The summed E-state index contributed by atoms with van der Waals surface area (Å²) in [5.74, 6) is -0.139. The maximum absolute atomic E-state index is 12.6. The molecule has 146 valence electrons. The van der Waals surface area contributed by atoms with Crippen molar-refractivity contribution in [2.24, 2.45) is 5.92 Å². The maximum atomic E-state index is 12.6. The van der Waals surface area contributed by atoms with E-state index in [9.17, 15) is 17.2 Å². The average molecular weight is 395 g/mol. The first-order valence-electron chi connectivity index (χ1n) is 9.28. The zero-order valence-electron chi connectivity index (χ0n) is 15.1. The summed E-state index contributed by atoms with van der Waals surface area (Å²) in [5.41, 5.74) is 0.901. The molecule has 2 aliphatic carbocycles. The van der Waals surface area contributed by atoms with Crippen molar-refractivity contribution in [2.45, 2.75) is 61.9 Å². The van der Waals surface area contributed by atoms with Crippen LogP contribution in [0.1, 0.15) is 49.2 Å². The van der Waals surface area contributed by atoms with Gasteiger partial charge >= 0.3 is 5.76 Å². The van der Waals surface area contributed by atoms with Gasteiger partial charge in [0.25, 0.3) is 0 Å². The summed E-state index contributed by atoms with van der Waals surface area (Å²) in [6.45, 7) is 3.56. The van der Waals surface area contributed by atoms with Gasteiger partial charge in [-0.25, -0.2) is 8.42 Å². The molecule has 2 saturated carbocycles. The van der Waals surface area contributed by atoms with Gasteiger partial charge < -0.3 is 4.42 Å². The van der Waals surface area contributed by atoms with Gasteiger partial charge in [0.1, 0.15) is 11.5 Å². The second-order valence-electron chi connectivity index (χ2n) is 7.71. The van der Waals surface area contributed by atoms with E-state index in [0.29, 0.717) is 31.0 Å². The summed E-state index contributed by atoms with van der Waals surface area (Å²) >= 11 is 0. The number of hydrogen-bond acceptors (Lipinski definition) is 4. The summed E-state index contributed by atoms with van der Waals surface area (Å²) < 4.78 is 54.4. The Labute approximate surface area is 158 Å². The molecular weight excluding hydrogens is 372 g/mol. The molecule has 2 aromatic rings. The molecule has 1 aromatic heterocycles. The molecule has 0 N–H and O–H groups in total. The van der Waals surface area contributed by atoms with E-state index in [1.165, 1.54) is 18.6 Å². The first-order chi connectivity index (χ1) is 12.8. The number of sulfone groups is 1. The van der Waals surface area contributed by atoms with Gasteiger partial charge in [-0.15, -0.1) is 0 Å². The molecule has 2 aliphatic rings. The lowest BCUT2D eigenvalue weighted by Crippen LogP contribution is -2.24.